The van der Waals surface area contributed by atoms with E-state index in [1.54, 1.807) is 0 Å². The van der Waals surface area contributed by atoms with Gasteiger partial charge in [-0.3, -0.25) is 19.1 Å². The van der Waals surface area contributed by atoms with Crippen molar-refractivity contribution < 1.29 is 37.1 Å². The minimum Gasteiger partial charge on any atom is -0.470 e. The quantitative estimate of drug-likeness (QED) is 0.333. The first-order valence-corrected chi connectivity index (χ1v) is 22.0. The predicted octanol–water partition coefficient (Wildman–Crippen LogP) is 4.80. The highest BCUT2D eigenvalue weighted by atomic mass is 32.2. The number of rotatable bonds is 3. The number of amides is 4. The van der Waals surface area contributed by atoms with Gasteiger partial charge in [0.2, 0.25) is 27.7 Å². The van der Waals surface area contributed by atoms with Gasteiger partial charge in [-0.2, -0.15) is 0 Å². The van der Waals surface area contributed by atoms with E-state index in [2.05, 4.69) is 15.4 Å². The topological polar surface area (TPSA) is 186 Å². The van der Waals surface area contributed by atoms with Gasteiger partial charge in [0.15, 0.2) is 0 Å². The molecule has 2 saturated heterocycles. The molecule has 57 heavy (non-hydrogen) atoms. The number of nitrogens with one attached hydrogen (secondary N) is 3. The second kappa shape index (κ2) is 15.5. The zero-order chi connectivity index (χ0) is 40.0. The van der Waals surface area contributed by atoms with E-state index in [1.165, 1.54) is 4.90 Å². The highest BCUT2D eigenvalue weighted by molar-refractivity contribution is 7.91. The SMILES string of the molecule is CC1(C)CCc2cccc(c2)-c2nc3ccccc3nc2O[C@H]2CN3CC2C(=O)N[C@]2(C(=O)NS(=O)(=O)C4CC4)C[C@H]2CCCCCCC[C@H](NC(=O)OC1)C3=O. The van der Waals surface area contributed by atoms with Crippen LogP contribution in [0, 0.1) is 17.3 Å². The summed E-state index contributed by atoms with van der Waals surface area (Å²) in [5, 5.41) is 5.24. The lowest BCUT2D eigenvalue weighted by Crippen LogP contribution is -2.55. The number of sulfonamides is 1. The highest BCUT2D eigenvalue weighted by Crippen LogP contribution is 2.48. The number of fused-ring (bicyclic) bond motifs is 10. The fourth-order valence-electron chi connectivity index (χ4n) is 8.50. The van der Waals surface area contributed by atoms with Gasteiger partial charge >= 0.3 is 6.09 Å². The van der Waals surface area contributed by atoms with E-state index >= 15 is 0 Å². The van der Waals surface area contributed by atoms with Crippen LogP contribution in [0.25, 0.3) is 22.3 Å². The summed E-state index contributed by atoms with van der Waals surface area (Å²) >= 11 is 0. The van der Waals surface area contributed by atoms with Gasteiger partial charge in [-0.1, -0.05) is 76.3 Å². The second-order valence-electron chi connectivity index (χ2n) is 17.4. The fourth-order valence-corrected chi connectivity index (χ4v) is 9.87. The van der Waals surface area contributed by atoms with Crippen molar-refractivity contribution in [2.75, 3.05) is 19.7 Å². The van der Waals surface area contributed by atoms with E-state index in [-0.39, 0.29) is 42.8 Å². The molecule has 304 valence electrons. The van der Waals surface area contributed by atoms with Crippen molar-refractivity contribution in [2.45, 2.75) is 114 Å². The van der Waals surface area contributed by atoms with Gasteiger partial charge in [0.05, 0.1) is 35.4 Å². The molecule has 4 amide bonds. The summed E-state index contributed by atoms with van der Waals surface area (Å²) in [5.41, 5.74) is 1.78. The van der Waals surface area contributed by atoms with Gasteiger partial charge in [-0.05, 0) is 80.0 Å². The normalized spacial score (nSPS) is 28.5. The Labute approximate surface area is 333 Å². The molecule has 0 spiro atoms. The number of ether oxygens (including phenoxy) is 2. The molecule has 4 fully saturated rings. The van der Waals surface area contributed by atoms with Crippen molar-refractivity contribution in [3.05, 3.63) is 54.1 Å². The number of carbonyl (C=O) groups excluding carboxylic acids is 4. The first kappa shape index (κ1) is 39.1. The van der Waals surface area contributed by atoms with Crippen LogP contribution in [0.3, 0.4) is 0 Å². The largest absolute Gasteiger partial charge is 0.470 e. The third-order valence-electron chi connectivity index (χ3n) is 12.3. The van der Waals surface area contributed by atoms with Crippen molar-refractivity contribution in [3.63, 3.8) is 0 Å². The molecule has 2 saturated carbocycles. The van der Waals surface area contributed by atoms with Crippen LogP contribution < -0.4 is 20.1 Å². The van der Waals surface area contributed by atoms with Crippen LogP contribution >= 0.6 is 0 Å². The summed E-state index contributed by atoms with van der Waals surface area (Å²) in [5.74, 6) is -2.63. The Morgan fingerprint density at radius 1 is 0.912 bits per heavy atom. The van der Waals surface area contributed by atoms with Crippen LogP contribution in [0.2, 0.25) is 0 Å². The van der Waals surface area contributed by atoms with Crippen LogP contribution in [0.5, 0.6) is 5.88 Å². The third kappa shape index (κ3) is 8.58. The molecule has 5 atom stereocenters. The molecule has 1 unspecified atom stereocenters. The number of cyclic esters (lactones) is 1. The Balaban J connectivity index is 1.19. The lowest BCUT2D eigenvalue weighted by Gasteiger charge is -2.27. The summed E-state index contributed by atoms with van der Waals surface area (Å²) in [6.45, 7) is 4.16. The molecule has 1 aromatic heterocycles. The molecule has 5 aliphatic rings. The van der Waals surface area contributed by atoms with Crippen molar-refractivity contribution in [1.29, 1.82) is 0 Å². The number of benzene rings is 2. The number of alkyl carbamates (subject to hydrolysis) is 1. The number of para-hydroxylation sites is 2. The number of hydrogen-bond acceptors (Lipinski definition) is 10. The average molecular weight is 801 g/mol. The van der Waals surface area contributed by atoms with Crippen LogP contribution in [-0.2, 0) is 35.6 Å². The first-order chi connectivity index (χ1) is 27.3. The molecule has 8 rings (SSSR count). The zero-order valence-electron chi connectivity index (χ0n) is 32.6. The van der Waals surface area contributed by atoms with E-state index in [0.29, 0.717) is 61.7 Å². The van der Waals surface area contributed by atoms with E-state index in [4.69, 9.17) is 19.4 Å². The van der Waals surface area contributed by atoms with Gasteiger partial charge in [-0.25, -0.2) is 23.2 Å². The maximum atomic E-state index is 14.6. The van der Waals surface area contributed by atoms with Crippen LogP contribution in [0.1, 0.15) is 90.0 Å². The van der Waals surface area contributed by atoms with Crippen molar-refractivity contribution in [3.8, 4) is 17.1 Å². The van der Waals surface area contributed by atoms with Crippen molar-refractivity contribution in [1.82, 2.24) is 30.2 Å². The minimum atomic E-state index is -3.87. The van der Waals surface area contributed by atoms with E-state index < -0.39 is 56.8 Å². The van der Waals surface area contributed by atoms with Crippen molar-refractivity contribution >= 4 is 44.9 Å². The molecule has 4 heterocycles. The number of nitrogens with zero attached hydrogens (tertiary/aromatic N) is 3. The summed E-state index contributed by atoms with van der Waals surface area (Å²) in [6, 6.07) is 14.5. The number of carbonyl (C=O) groups is 4. The highest BCUT2D eigenvalue weighted by Gasteiger charge is 2.62. The Bertz CT molecular complexity index is 2180. The van der Waals surface area contributed by atoms with E-state index in [0.717, 1.165) is 43.2 Å². The third-order valence-corrected chi connectivity index (χ3v) is 14.1. The maximum absolute atomic E-state index is 14.6. The minimum absolute atomic E-state index is 0.0101. The lowest BCUT2D eigenvalue weighted by molar-refractivity contribution is -0.134. The lowest BCUT2D eigenvalue weighted by atomic mass is 9.87. The number of hydrogen-bond donors (Lipinski definition) is 3. The zero-order valence-corrected chi connectivity index (χ0v) is 33.4. The van der Waals surface area contributed by atoms with E-state index in [1.807, 2.05) is 62.4 Å². The molecule has 0 radical (unpaired) electrons. The molecular formula is C42H52N6O8S. The van der Waals surface area contributed by atoms with Crippen molar-refractivity contribution in [2.24, 2.45) is 17.3 Å². The molecule has 6 bridgehead atoms. The van der Waals surface area contributed by atoms with Crippen LogP contribution in [-0.4, -0.2) is 89.7 Å². The molecular weight excluding hydrogens is 749 g/mol. The standard InChI is InChI=1S/C42H52N6O8S/c1-41(2)20-19-26-11-10-12-27(21-26)35-37(44-32-15-9-8-14-31(32)43-35)56-34-24-48-23-30(34)36(49)46-42(39(51)47-57(53,54)29-17-18-29)22-28(42)13-6-4-3-5-7-16-33(38(48)50)45-40(52)55-25-41/h8-12,14-15,21,28-30,33-34H,3-7,13,16-20,22-25H2,1-2H3,(H,45,52)(H,46,49)(H,47,51)/t28-,30?,33+,34+,42-/m1/s1. The van der Waals surface area contributed by atoms with Gasteiger partial charge in [0.1, 0.15) is 23.4 Å². The number of aromatic nitrogens is 2. The van der Waals surface area contributed by atoms with Gasteiger partial charge in [-0.15, -0.1) is 0 Å². The number of aryl methyl sites for hydroxylation is 1. The van der Waals surface area contributed by atoms with Crippen LogP contribution in [0.4, 0.5) is 4.79 Å². The molecule has 2 aliphatic carbocycles. The molecule has 3 N–H and O–H groups in total. The monoisotopic (exact) mass is 800 g/mol. The summed E-state index contributed by atoms with van der Waals surface area (Å²) in [6.07, 6.45) is 6.21. The Hall–Kier alpha value is -4.79. The average Bonchev–Trinajstić information content (AvgIpc) is 4.11. The fraction of sp³-hybridized carbons (Fsp3) is 0.571. The van der Waals surface area contributed by atoms with E-state index in [9.17, 15) is 27.6 Å². The molecule has 14 nitrogen and oxygen atoms in total. The summed E-state index contributed by atoms with van der Waals surface area (Å²) < 4.78 is 40.7. The second-order valence-corrected chi connectivity index (χ2v) is 19.4. The molecule has 3 aliphatic heterocycles. The molecule has 15 heteroatoms. The smallest absolute Gasteiger partial charge is 0.407 e. The van der Waals surface area contributed by atoms with Crippen LogP contribution in [0.15, 0.2) is 48.5 Å². The first-order valence-electron chi connectivity index (χ1n) is 20.4. The maximum Gasteiger partial charge on any atom is 0.407 e. The van der Waals surface area contributed by atoms with Gasteiger partial charge in [0, 0.05) is 12.1 Å². The molecule has 2 aromatic carbocycles. The Kier molecular flexibility index (Phi) is 10.6. The summed E-state index contributed by atoms with van der Waals surface area (Å²) in [4.78, 5) is 67.7. The summed E-state index contributed by atoms with van der Waals surface area (Å²) in [7, 11) is -3.87. The van der Waals surface area contributed by atoms with Gasteiger partial charge in [0.25, 0.3) is 5.91 Å². The predicted molar refractivity (Wildman–Crippen MR) is 211 cm³/mol. The Morgan fingerprint density at radius 2 is 1.65 bits per heavy atom. The van der Waals surface area contributed by atoms with Gasteiger partial charge < -0.3 is 25.0 Å². The Morgan fingerprint density at radius 3 is 2.42 bits per heavy atom. The molecule has 3 aromatic rings.